The normalized spacial score (nSPS) is 14.3. The molecule has 0 aliphatic heterocycles. The van der Waals surface area contributed by atoms with Crippen molar-refractivity contribution in [2.45, 2.75) is 32.7 Å². The van der Waals surface area contributed by atoms with Crippen molar-refractivity contribution in [3.05, 3.63) is 58.3 Å². The molecule has 1 aliphatic rings. The Bertz CT molecular complexity index is 808. The molecule has 1 fully saturated rings. The van der Waals surface area contributed by atoms with Crippen molar-refractivity contribution in [3.63, 3.8) is 0 Å². The van der Waals surface area contributed by atoms with Crippen LogP contribution >= 0.6 is 15.9 Å². The van der Waals surface area contributed by atoms with Gasteiger partial charge in [0.15, 0.2) is 5.96 Å². The Morgan fingerprint density at radius 3 is 2.78 bits per heavy atom. The quantitative estimate of drug-likeness (QED) is 0.349. The van der Waals surface area contributed by atoms with Crippen LogP contribution in [0.15, 0.2) is 51.9 Å². The Morgan fingerprint density at radius 2 is 2.07 bits per heavy atom. The van der Waals surface area contributed by atoms with Crippen molar-refractivity contribution in [2.24, 2.45) is 10.9 Å². The number of guanidine groups is 1. The van der Waals surface area contributed by atoms with Gasteiger partial charge in [-0.25, -0.2) is 9.38 Å². The van der Waals surface area contributed by atoms with Crippen LogP contribution in [0.1, 0.15) is 31.7 Å². The molecule has 27 heavy (non-hydrogen) atoms. The minimum Gasteiger partial charge on any atom is -0.506 e. The predicted molar refractivity (Wildman–Crippen MR) is 112 cm³/mol. The number of aliphatic imine (C=N–C) groups is 1. The lowest BCUT2D eigenvalue weighted by Gasteiger charge is -2.27. The smallest absolute Gasteiger partial charge is 0.198 e. The van der Waals surface area contributed by atoms with E-state index in [0.717, 1.165) is 24.0 Å². The zero-order chi connectivity index (χ0) is 19.2. The van der Waals surface area contributed by atoms with Crippen LogP contribution < -0.4 is 5.32 Å². The minimum absolute atomic E-state index is 0.168. The van der Waals surface area contributed by atoms with Gasteiger partial charge in [-0.05, 0) is 55.5 Å². The largest absolute Gasteiger partial charge is 0.506 e. The van der Waals surface area contributed by atoms with Gasteiger partial charge < -0.3 is 15.3 Å². The van der Waals surface area contributed by atoms with Gasteiger partial charge in [-0.1, -0.05) is 35.0 Å². The second-order valence-electron chi connectivity index (χ2n) is 6.91. The number of rotatable bonds is 7. The fourth-order valence-electron chi connectivity index (χ4n) is 2.91. The summed E-state index contributed by atoms with van der Waals surface area (Å²) in [6.07, 6.45) is 3.47. The van der Waals surface area contributed by atoms with E-state index in [0.29, 0.717) is 23.1 Å². The molecule has 2 N–H and O–H groups in total. The summed E-state index contributed by atoms with van der Waals surface area (Å²) in [7, 11) is 0. The average Bonchev–Trinajstić information content (AvgIpc) is 3.46. The van der Waals surface area contributed by atoms with Gasteiger partial charge in [-0.3, -0.25) is 0 Å². The molecule has 0 aromatic heterocycles. The van der Waals surface area contributed by atoms with Crippen molar-refractivity contribution in [2.75, 3.05) is 18.4 Å². The van der Waals surface area contributed by atoms with Gasteiger partial charge in [0.05, 0.1) is 12.2 Å². The fraction of sp³-hybridized carbons (Fsp3) is 0.381. The number of hydrogen-bond acceptors (Lipinski definition) is 2. The van der Waals surface area contributed by atoms with Gasteiger partial charge in [0.25, 0.3) is 0 Å². The van der Waals surface area contributed by atoms with Crippen molar-refractivity contribution >= 4 is 27.6 Å². The van der Waals surface area contributed by atoms with Crippen LogP contribution in [0.25, 0.3) is 0 Å². The van der Waals surface area contributed by atoms with Crippen molar-refractivity contribution in [3.8, 4) is 5.75 Å². The molecule has 0 amide bonds. The van der Waals surface area contributed by atoms with E-state index < -0.39 is 0 Å². The standard InChI is InChI=1S/C21H25BrFN3O/c1-2-11-26(14-15-7-8-15)21(25-19-5-3-4-6-20(19)27)24-13-16-12-17(22)9-10-18(16)23/h3-6,9-10,12,15,27H,2,7-8,11,13-14H2,1H3,(H,24,25). The maximum atomic E-state index is 14.1. The number of benzene rings is 2. The number of phenols is 1. The Morgan fingerprint density at radius 1 is 1.30 bits per heavy atom. The molecule has 144 valence electrons. The third-order valence-electron chi connectivity index (χ3n) is 4.53. The maximum absolute atomic E-state index is 14.1. The summed E-state index contributed by atoms with van der Waals surface area (Å²) in [5.41, 5.74) is 1.13. The van der Waals surface area contributed by atoms with E-state index in [-0.39, 0.29) is 18.1 Å². The van der Waals surface area contributed by atoms with Crippen molar-refractivity contribution < 1.29 is 9.50 Å². The molecule has 1 aliphatic carbocycles. The second kappa shape index (κ2) is 9.22. The number of phenolic OH excluding ortho intramolecular Hbond substituents is 1. The summed E-state index contributed by atoms with van der Waals surface area (Å²) in [4.78, 5) is 6.90. The first-order valence-electron chi connectivity index (χ1n) is 9.35. The zero-order valence-electron chi connectivity index (χ0n) is 15.5. The van der Waals surface area contributed by atoms with E-state index in [9.17, 15) is 9.50 Å². The summed E-state index contributed by atoms with van der Waals surface area (Å²) in [5.74, 6) is 1.26. The molecule has 2 aromatic carbocycles. The molecule has 0 heterocycles. The van der Waals surface area contributed by atoms with E-state index in [1.54, 1.807) is 24.3 Å². The molecule has 0 unspecified atom stereocenters. The SMILES string of the molecule is CCCN(CC1CC1)C(=NCc1cc(Br)ccc1F)Nc1ccccc1O. The minimum atomic E-state index is -0.270. The first kappa shape index (κ1) is 19.7. The molecule has 0 saturated heterocycles. The predicted octanol–water partition coefficient (Wildman–Crippen LogP) is 5.38. The van der Waals surface area contributed by atoms with E-state index in [4.69, 9.17) is 4.99 Å². The fourth-order valence-corrected chi connectivity index (χ4v) is 3.32. The molecule has 3 rings (SSSR count). The molecular weight excluding hydrogens is 409 g/mol. The van der Waals surface area contributed by atoms with E-state index >= 15 is 0 Å². The third kappa shape index (κ3) is 5.70. The van der Waals surface area contributed by atoms with Crippen LogP contribution in [0.4, 0.5) is 10.1 Å². The topological polar surface area (TPSA) is 47.9 Å². The molecule has 6 heteroatoms. The molecule has 0 spiro atoms. The van der Waals surface area contributed by atoms with Gasteiger partial charge in [0.1, 0.15) is 11.6 Å². The summed E-state index contributed by atoms with van der Waals surface area (Å²) in [6, 6.07) is 12.0. The highest BCUT2D eigenvalue weighted by Crippen LogP contribution is 2.30. The summed E-state index contributed by atoms with van der Waals surface area (Å²) < 4.78 is 14.9. The molecule has 0 atom stereocenters. The molecular formula is C21H25BrFN3O. The molecule has 0 bridgehead atoms. The Balaban J connectivity index is 1.87. The summed E-state index contributed by atoms with van der Waals surface area (Å²) in [6.45, 7) is 4.14. The summed E-state index contributed by atoms with van der Waals surface area (Å²) >= 11 is 3.39. The van der Waals surface area contributed by atoms with Crippen LogP contribution in [0.3, 0.4) is 0 Å². The highest BCUT2D eigenvalue weighted by Gasteiger charge is 2.26. The van der Waals surface area contributed by atoms with Crippen molar-refractivity contribution in [1.29, 1.82) is 0 Å². The summed E-state index contributed by atoms with van der Waals surface area (Å²) in [5, 5.41) is 13.4. The zero-order valence-corrected chi connectivity index (χ0v) is 17.0. The van der Waals surface area contributed by atoms with Crippen LogP contribution in [-0.4, -0.2) is 29.1 Å². The average molecular weight is 434 g/mol. The highest BCUT2D eigenvalue weighted by molar-refractivity contribution is 9.10. The molecule has 4 nitrogen and oxygen atoms in total. The Kier molecular flexibility index (Phi) is 6.72. The van der Waals surface area contributed by atoms with Crippen LogP contribution in [0.2, 0.25) is 0 Å². The van der Waals surface area contributed by atoms with Gasteiger partial charge >= 0.3 is 0 Å². The number of hydrogen-bond donors (Lipinski definition) is 2. The van der Waals surface area contributed by atoms with E-state index in [1.807, 2.05) is 12.1 Å². The van der Waals surface area contributed by atoms with E-state index in [2.05, 4.69) is 33.1 Å². The molecule has 0 radical (unpaired) electrons. The lowest BCUT2D eigenvalue weighted by molar-refractivity contribution is 0.396. The molecule has 2 aromatic rings. The number of para-hydroxylation sites is 2. The maximum Gasteiger partial charge on any atom is 0.198 e. The van der Waals surface area contributed by atoms with Gasteiger partial charge in [0.2, 0.25) is 0 Å². The van der Waals surface area contributed by atoms with Gasteiger partial charge in [0, 0.05) is 23.1 Å². The third-order valence-corrected chi connectivity index (χ3v) is 5.02. The lowest BCUT2D eigenvalue weighted by atomic mass is 10.2. The van der Waals surface area contributed by atoms with Gasteiger partial charge in [-0.2, -0.15) is 0 Å². The van der Waals surface area contributed by atoms with Crippen LogP contribution in [0, 0.1) is 11.7 Å². The van der Waals surface area contributed by atoms with Crippen LogP contribution in [0.5, 0.6) is 5.75 Å². The highest BCUT2D eigenvalue weighted by atomic mass is 79.9. The number of nitrogens with zero attached hydrogens (tertiary/aromatic N) is 2. The number of nitrogens with one attached hydrogen (secondary N) is 1. The monoisotopic (exact) mass is 433 g/mol. The van der Waals surface area contributed by atoms with E-state index in [1.165, 1.54) is 18.9 Å². The van der Waals surface area contributed by atoms with Crippen LogP contribution in [-0.2, 0) is 6.54 Å². The number of anilines is 1. The molecule has 1 saturated carbocycles. The number of halogens is 2. The first-order valence-corrected chi connectivity index (χ1v) is 10.1. The Labute approximate surface area is 168 Å². The van der Waals surface area contributed by atoms with Crippen molar-refractivity contribution in [1.82, 2.24) is 4.90 Å². The number of aromatic hydroxyl groups is 1. The first-order chi connectivity index (χ1) is 13.1. The second-order valence-corrected chi connectivity index (χ2v) is 7.82. The lowest BCUT2D eigenvalue weighted by Crippen LogP contribution is -2.38. The Hall–Kier alpha value is -2.08. The van der Waals surface area contributed by atoms with Gasteiger partial charge in [-0.15, -0.1) is 0 Å².